The minimum Gasteiger partial charge on any atom is -0.507 e. The van der Waals surface area contributed by atoms with Gasteiger partial charge in [-0.15, -0.1) is 0 Å². The van der Waals surface area contributed by atoms with Gasteiger partial charge in [-0.05, 0) is 12.1 Å². The van der Waals surface area contributed by atoms with E-state index in [-0.39, 0.29) is 11.3 Å². The van der Waals surface area contributed by atoms with Crippen molar-refractivity contribution in [1.82, 2.24) is 0 Å². The van der Waals surface area contributed by atoms with E-state index < -0.39 is 10.6 Å². The molecule has 1 N–H and O–H groups in total. The molecule has 0 bridgehead atoms. The first kappa shape index (κ1) is 9.36. The summed E-state index contributed by atoms with van der Waals surface area (Å²) in [6.07, 6.45) is 0. The van der Waals surface area contributed by atoms with E-state index in [1.54, 1.807) is 12.1 Å². The Morgan fingerprint density at radius 1 is 1.33 bits per heavy atom. The molecule has 1 aromatic rings. The first-order valence-corrected chi connectivity index (χ1v) is 4.10. The largest absolute Gasteiger partial charge is 0.507 e. The molecule has 0 amide bonds. The molecule has 0 saturated carbocycles. The molecule has 0 spiro atoms. The molecule has 1 aromatic carbocycles. The molecule has 0 aromatic heterocycles. The van der Waals surface area contributed by atoms with Crippen molar-refractivity contribution >= 4 is 29.0 Å². The van der Waals surface area contributed by atoms with Crippen LogP contribution in [0.15, 0.2) is 24.3 Å². The van der Waals surface area contributed by atoms with Crippen molar-refractivity contribution in [3.05, 3.63) is 29.8 Å². The topological polar surface area (TPSA) is 37.3 Å². The van der Waals surface area contributed by atoms with Crippen LogP contribution in [0.1, 0.15) is 10.4 Å². The smallest absolute Gasteiger partial charge is 0.199 e. The highest BCUT2D eigenvalue weighted by molar-refractivity contribution is 6.55. The first-order chi connectivity index (χ1) is 5.63. The van der Waals surface area contributed by atoms with Crippen LogP contribution in [-0.2, 0) is 0 Å². The maximum absolute atomic E-state index is 11.1. The standard InChI is InChI=1S/C8H6Cl2O2/c9-8(10)7(12)5-3-1-2-4-6(5)11/h1-4,8,11H. The molecule has 0 unspecified atom stereocenters. The second-order valence-electron chi connectivity index (χ2n) is 2.18. The van der Waals surface area contributed by atoms with Crippen LogP contribution in [0.3, 0.4) is 0 Å². The molecule has 0 radical (unpaired) electrons. The molecular formula is C8H6Cl2O2. The normalized spacial score (nSPS) is 10.2. The van der Waals surface area contributed by atoms with Crippen molar-refractivity contribution in [2.45, 2.75) is 4.84 Å². The Morgan fingerprint density at radius 2 is 1.92 bits per heavy atom. The van der Waals surface area contributed by atoms with Crippen LogP contribution in [0.4, 0.5) is 0 Å². The number of phenols is 1. The van der Waals surface area contributed by atoms with Gasteiger partial charge in [0.1, 0.15) is 5.75 Å². The first-order valence-electron chi connectivity index (χ1n) is 3.23. The maximum atomic E-state index is 11.1. The predicted octanol–water partition coefficient (Wildman–Crippen LogP) is 2.38. The predicted molar refractivity (Wildman–Crippen MR) is 47.9 cm³/mol. The molecule has 1 rings (SSSR count). The van der Waals surface area contributed by atoms with E-state index in [1.807, 2.05) is 0 Å². The number of hydrogen-bond acceptors (Lipinski definition) is 2. The quantitative estimate of drug-likeness (QED) is 0.594. The van der Waals surface area contributed by atoms with E-state index in [9.17, 15) is 9.90 Å². The number of phenolic OH excluding ortho intramolecular Hbond substituents is 1. The Bertz CT molecular complexity index is 297. The number of aromatic hydroxyl groups is 1. The highest BCUT2D eigenvalue weighted by Crippen LogP contribution is 2.20. The summed E-state index contributed by atoms with van der Waals surface area (Å²) in [7, 11) is 0. The zero-order valence-electron chi connectivity index (χ0n) is 6.00. The lowest BCUT2D eigenvalue weighted by Gasteiger charge is -2.02. The highest BCUT2D eigenvalue weighted by atomic mass is 35.5. The third kappa shape index (κ3) is 1.90. The van der Waals surface area contributed by atoms with Crippen LogP contribution < -0.4 is 0 Å². The molecule has 0 atom stereocenters. The van der Waals surface area contributed by atoms with Gasteiger partial charge in [0.05, 0.1) is 5.56 Å². The van der Waals surface area contributed by atoms with E-state index in [0.717, 1.165) is 0 Å². The number of rotatable bonds is 2. The van der Waals surface area contributed by atoms with E-state index in [2.05, 4.69) is 0 Å². The summed E-state index contributed by atoms with van der Waals surface area (Å²) in [6.45, 7) is 0. The zero-order chi connectivity index (χ0) is 9.14. The Labute approximate surface area is 79.7 Å². The zero-order valence-corrected chi connectivity index (χ0v) is 7.51. The molecule has 2 nitrogen and oxygen atoms in total. The van der Waals surface area contributed by atoms with Crippen LogP contribution in [0.25, 0.3) is 0 Å². The van der Waals surface area contributed by atoms with Crippen molar-refractivity contribution in [2.75, 3.05) is 0 Å². The van der Waals surface area contributed by atoms with E-state index in [1.165, 1.54) is 12.1 Å². The lowest BCUT2D eigenvalue weighted by molar-refractivity contribution is 0.100. The SMILES string of the molecule is O=C(c1ccccc1O)C(Cl)Cl. The number of Topliss-reactive ketones (excluding diaryl/α,β-unsaturated/α-hetero) is 1. The number of hydrogen-bond donors (Lipinski definition) is 1. The molecule has 64 valence electrons. The molecule has 0 aliphatic carbocycles. The summed E-state index contributed by atoms with van der Waals surface area (Å²) in [5.41, 5.74) is 0.146. The molecule has 0 aliphatic heterocycles. The van der Waals surface area contributed by atoms with Crippen LogP contribution in [0, 0.1) is 0 Å². The third-order valence-corrected chi connectivity index (χ3v) is 1.76. The van der Waals surface area contributed by atoms with Crippen LogP contribution in [-0.4, -0.2) is 15.7 Å². The summed E-state index contributed by atoms with van der Waals surface area (Å²) in [6, 6.07) is 6.12. The Balaban J connectivity index is 3.03. The second-order valence-corrected chi connectivity index (χ2v) is 3.28. The average Bonchev–Trinajstić information content (AvgIpc) is 2.04. The number of alkyl halides is 2. The van der Waals surface area contributed by atoms with E-state index in [0.29, 0.717) is 0 Å². The Hall–Kier alpha value is -0.730. The monoisotopic (exact) mass is 204 g/mol. The molecule has 0 saturated heterocycles. The number of carbonyl (C=O) groups is 1. The minimum absolute atomic E-state index is 0.103. The van der Waals surface area contributed by atoms with Crippen LogP contribution in [0.2, 0.25) is 0 Å². The fraction of sp³-hybridized carbons (Fsp3) is 0.125. The van der Waals surface area contributed by atoms with Crippen molar-refractivity contribution in [2.24, 2.45) is 0 Å². The summed E-state index contributed by atoms with van der Waals surface area (Å²) >= 11 is 10.7. The van der Waals surface area contributed by atoms with Gasteiger partial charge in [0.25, 0.3) is 0 Å². The number of halogens is 2. The van der Waals surface area contributed by atoms with Crippen molar-refractivity contribution < 1.29 is 9.90 Å². The van der Waals surface area contributed by atoms with E-state index >= 15 is 0 Å². The number of para-hydroxylation sites is 1. The fourth-order valence-corrected chi connectivity index (χ4v) is 1.03. The van der Waals surface area contributed by atoms with Crippen molar-refractivity contribution in [3.8, 4) is 5.75 Å². The second kappa shape index (κ2) is 3.78. The molecule has 4 heteroatoms. The van der Waals surface area contributed by atoms with Gasteiger partial charge < -0.3 is 5.11 Å². The summed E-state index contributed by atoms with van der Waals surface area (Å²) in [5.74, 6) is -0.592. The molecular weight excluding hydrogens is 199 g/mol. The van der Waals surface area contributed by atoms with Gasteiger partial charge in [0.15, 0.2) is 10.6 Å². The van der Waals surface area contributed by atoms with Crippen LogP contribution >= 0.6 is 23.2 Å². The van der Waals surface area contributed by atoms with E-state index in [4.69, 9.17) is 23.2 Å². The maximum Gasteiger partial charge on any atom is 0.199 e. The van der Waals surface area contributed by atoms with Gasteiger partial charge in [0.2, 0.25) is 0 Å². The molecule has 12 heavy (non-hydrogen) atoms. The summed E-state index contributed by atoms with van der Waals surface area (Å²) in [5, 5.41) is 9.19. The summed E-state index contributed by atoms with van der Waals surface area (Å²) < 4.78 is 0. The van der Waals surface area contributed by atoms with Gasteiger partial charge in [-0.25, -0.2) is 0 Å². The number of carbonyl (C=O) groups excluding carboxylic acids is 1. The average molecular weight is 205 g/mol. The Kier molecular flexibility index (Phi) is 2.95. The highest BCUT2D eigenvalue weighted by Gasteiger charge is 2.16. The molecule has 0 aliphatic rings. The van der Waals surface area contributed by atoms with Gasteiger partial charge in [0, 0.05) is 0 Å². The minimum atomic E-state index is -1.13. The van der Waals surface area contributed by atoms with Crippen LogP contribution in [0.5, 0.6) is 5.75 Å². The van der Waals surface area contributed by atoms with Gasteiger partial charge in [-0.2, -0.15) is 0 Å². The van der Waals surface area contributed by atoms with Crippen molar-refractivity contribution in [1.29, 1.82) is 0 Å². The third-order valence-electron chi connectivity index (χ3n) is 1.37. The lowest BCUT2D eigenvalue weighted by atomic mass is 10.1. The lowest BCUT2D eigenvalue weighted by Crippen LogP contribution is -2.07. The van der Waals surface area contributed by atoms with Gasteiger partial charge in [-0.3, -0.25) is 4.79 Å². The molecule has 0 fully saturated rings. The van der Waals surface area contributed by atoms with Gasteiger partial charge >= 0.3 is 0 Å². The van der Waals surface area contributed by atoms with Crippen molar-refractivity contribution in [3.63, 3.8) is 0 Å². The summed E-state index contributed by atoms with van der Waals surface area (Å²) in [4.78, 5) is 10.0. The van der Waals surface area contributed by atoms with Gasteiger partial charge in [-0.1, -0.05) is 35.3 Å². The fourth-order valence-electron chi connectivity index (χ4n) is 0.800. The number of ketones is 1. The Morgan fingerprint density at radius 3 is 2.42 bits per heavy atom. The number of benzene rings is 1. The molecule has 0 heterocycles.